The summed E-state index contributed by atoms with van der Waals surface area (Å²) in [4.78, 5) is 0. The summed E-state index contributed by atoms with van der Waals surface area (Å²) in [6.45, 7) is 2.20. The van der Waals surface area contributed by atoms with Crippen LogP contribution in [0.2, 0.25) is 5.02 Å². The normalized spacial score (nSPS) is 12.1. The van der Waals surface area contributed by atoms with Gasteiger partial charge in [-0.05, 0) is 43.5 Å². The molecule has 1 N–H and O–H groups in total. The van der Waals surface area contributed by atoms with Gasteiger partial charge in [-0.15, -0.1) is 0 Å². The third-order valence-electron chi connectivity index (χ3n) is 2.95. The van der Waals surface area contributed by atoms with Crippen LogP contribution in [0.15, 0.2) is 54.6 Å². The number of rotatable bonds is 5. The van der Waals surface area contributed by atoms with Crippen molar-refractivity contribution in [3.8, 4) is 0 Å². The standard InChI is InChI=1S/C16H18ClN/c1-13(10-11-14-6-3-2-4-7-14)18-16-9-5-8-15(17)12-16/h2-9,12-13,18H,10-11H2,1H3. The van der Waals surface area contributed by atoms with Crippen molar-refractivity contribution in [1.29, 1.82) is 0 Å². The van der Waals surface area contributed by atoms with Gasteiger partial charge < -0.3 is 5.32 Å². The molecule has 18 heavy (non-hydrogen) atoms. The van der Waals surface area contributed by atoms with Crippen molar-refractivity contribution in [2.24, 2.45) is 0 Å². The van der Waals surface area contributed by atoms with Crippen molar-refractivity contribution in [2.45, 2.75) is 25.8 Å². The predicted octanol–water partition coefficient (Wildman–Crippen LogP) is 4.77. The maximum absolute atomic E-state index is 5.96. The minimum absolute atomic E-state index is 0.434. The van der Waals surface area contributed by atoms with Gasteiger partial charge in [-0.2, -0.15) is 0 Å². The zero-order valence-electron chi connectivity index (χ0n) is 10.6. The maximum atomic E-state index is 5.96. The zero-order chi connectivity index (χ0) is 12.8. The second kappa shape index (κ2) is 6.46. The SMILES string of the molecule is CC(CCc1ccccc1)Nc1cccc(Cl)c1. The van der Waals surface area contributed by atoms with Gasteiger partial charge >= 0.3 is 0 Å². The van der Waals surface area contributed by atoms with Crippen LogP contribution in [0, 0.1) is 0 Å². The summed E-state index contributed by atoms with van der Waals surface area (Å²) in [6.07, 6.45) is 2.20. The van der Waals surface area contributed by atoms with E-state index in [0.29, 0.717) is 6.04 Å². The van der Waals surface area contributed by atoms with E-state index in [2.05, 4.69) is 42.6 Å². The summed E-state index contributed by atoms with van der Waals surface area (Å²) >= 11 is 5.96. The summed E-state index contributed by atoms with van der Waals surface area (Å²) < 4.78 is 0. The number of hydrogen-bond donors (Lipinski definition) is 1. The van der Waals surface area contributed by atoms with E-state index < -0.39 is 0 Å². The Kier molecular flexibility index (Phi) is 4.66. The average molecular weight is 260 g/mol. The lowest BCUT2D eigenvalue weighted by atomic mass is 10.1. The molecule has 0 bridgehead atoms. The fraction of sp³-hybridized carbons (Fsp3) is 0.250. The third kappa shape index (κ3) is 4.08. The molecular weight excluding hydrogens is 242 g/mol. The van der Waals surface area contributed by atoms with Gasteiger partial charge in [0.1, 0.15) is 0 Å². The molecule has 0 saturated carbocycles. The first-order valence-corrected chi connectivity index (χ1v) is 6.68. The Hall–Kier alpha value is -1.47. The molecular formula is C16H18ClN. The highest BCUT2D eigenvalue weighted by molar-refractivity contribution is 6.30. The number of hydrogen-bond acceptors (Lipinski definition) is 1. The molecule has 1 nitrogen and oxygen atoms in total. The molecule has 0 heterocycles. The van der Waals surface area contributed by atoms with Crippen molar-refractivity contribution in [2.75, 3.05) is 5.32 Å². The third-order valence-corrected chi connectivity index (χ3v) is 3.18. The monoisotopic (exact) mass is 259 g/mol. The highest BCUT2D eigenvalue weighted by Gasteiger charge is 2.03. The lowest BCUT2D eigenvalue weighted by Crippen LogP contribution is -2.15. The average Bonchev–Trinajstić information content (AvgIpc) is 2.38. The molecule has 0 spiro atoms. The van der Waals surface area contributed by atoms with Crippen LogP contribution >= 0.6 is 11.6 Å². The number of halogens is 1. The fourth-order valence-corrected chi connectivity index (χ4v) is 2.15. The first-order chi connectivity index (χ1) is 8.74. The molecule has 2 rings (SSSR count). The second-order valence-electron chi connectivity index (χ2n) is 4.58. The molecule has 1 atom stereocenters. The van der Waals surface area contributed by atoms with Crippen LogP contribution < -0.4 is 5.32 Å². The molecule has 0 aliphatic carbocycles. The Bertz CT molecular complexity index is 481. The number of anilines is 1. The summed E-state index contributed by atoms with van der Waals surface area (Å²) in [5.74, 6) is 0. The molecule has 2 aromatic carbocycles. The van der Waals surface area contributed by atoms with Crippen LogP contribution in [0.1, 0.15) is 18.9 Å². The van der Waals surface area contributed by atoms with Crippen molar-refractivity contribution in [3.05, 3.63) is 65.2 Å². The van der Waals surface area contributed by atoms with Gasteiger partial charge in [0.25, 0.3) is 0 Å². The first kappa shape index (κ1) is 13.0. The van der Waals surface area contributed by atoms with E-state index in [9.17, 15) is 0 Å². The molecule has 0 aliphatic rings. The lowest BCUT2D eigenvalue weighted by Gasteiger charge is -2.15. The van der Waals surface area contributed by atoms with Crippen molar-refractivity contribution >= 4 is 17.3 Å². The highest BCUT2D eigenvalue weighted by Crippen LogP contribution is 2.17. The van der Waals surface area contributed by atoms with Gasteiger partial charge in [0.05, 0.1) is 0 Å². The van der Waals surface area contributed by atoms with E-state index in [1.165, 1.54) is 5.56 Å². The van der Waals surface area contributed by atoms with Gasteiger partial charge in [0.2, 0.25) is 0 Å². The Morgan fingerprint density at radius 1 is 1.06 bits per heavy atom. The number of aryl methyl sites for hydroxylation is 1. The Morgan fingerprint density at radius 2 is 1.83 bits per heavy atom. The summed E-state index contributed by atoms with van der Waals surface area (Å²) in [6, 6.07) is 18.9. The molecule has 0 aromatic heterocycles. The van der Waals surface area contributed by atoms with Gasteiger partial charge in [-0.25, -0.2) is 0 Å². The van der Waals surface area contributed by atoms with Crippen LogP contribution in [0.4, 0.5) is 5.69 Å². The first-order valence-electron chi connectivity index (χ1n) is 6.30. The van der Waals surface area contributed by atoms with Crippen LogP contribution in [0.5, 0.6) is 0 Å². The van der Waals surface area contributed by atoms with E-state index in [1.54, 1.807) is 0 Å². The van der Waals surface area contributed by atoms with Crippen LogP contribution in [-0.4, -0.2) is 6.04 Å². The van der Waals surface area contributed by atoms with Crippen LogP contribution in [0.3, 0.4) is 0 Å². The fourth-order valence-electron chi connectivity index (χ4n) is 1.96. The smallest absolute Gasteiger partial charge is 0.0426 e. The van der Waals surface area contributed by atoms with Crippen LogP contribution in [-0.2, 0) is 6.42 Å². The zero-order valence-corrected chi connectivity index (χ0v) is 11.3. The molecule has 1 unspecified atom stereocenters. The summed E-state index contributed by atoms with van der Waals surface area (Å²) in [7, 11) is 0. The van der Waals surface area contributed by atoms with Gasteiger partial charge in [-0.1, -0.05) is 48.0 Å². The van der Waals surface area contributed by atoms with Crippen LogP contribution in [0.25, 0.3) is 0 Å². The molecule has 0 fully saturated rings. The Balaban J connectivity index is 1.84. The predicted molar refractivity (Wildman–Crippen MR) is 79.3 cm³/mol. The maximum Gasteiger partial charge on any atom is 0.0426 e. The quantitative estimate of drug-likeness (QED) is 0.815. The molecule has 0 amide bonds. The van der Waals surface area contributed by atoms with Crippen molar-refractivity contribution in [1.82, 2.24) is 0 Å². The Morgan fingerprint density at radius 3 is 2.56 bits per heavy atom. The molecule has 2 heteroatoms. The van der Waals surface area contributed by atoms with Gasteiger partial charge in [0, 0.05) is 16.8 Å². The van der Waals surface area contributed by atoms with E-state index >= 15 is 0 Å². The summed E-state index contributed by atoms with van der Waals surface area (Å²) in [5.41, 5.74) is 2.47. The number of benzene rings is 2. The molecule has 94 valence electrons. The number of nitrogens with one attached hydrogen (secondary N) is 1. The molecule has 0 saturated heterocycles. The second-order valence-corrected chi connectivity index (χ2v) is 5.02. The van der Waals surface area contributed by atoms with Crippen molar-refractivity contribution in [3.63, 3.8) is 0 Å². The largest absolute Gasteiger partial charge is 0.383 e. The minimum atomic E-state index is 0.434. The lowest BCUT2D eigenvalue weighted by molar-refractivity contribution is 0.706. The topological polar surface area (TPSA) is 12.0 Å². The molecule has 0 radical (unpaired) electrons. The molecule has 2 aromatic rings. The van der Waals surface area contributed by atoms with Gasteiger partial charge in [0.15, 0.2) is 0 Å². The van der Waals surface area contributed by atoms with E-state index in [-0.39, 0.29) is 0 Å². The van der Waals surface area contributed by atoms with E-state index in [1.807, 2.05) is 24.3 Å². The summed E-state index contributed by atoms with van der Waals surface area (Å²) in [5, 5.41) is 4.24. The highest BCUT2D eigenvalue weighted by atomic mass is 35.5. The van der Waals surface area contributed by atoms with Crippen molar-refractivity contribution < 1.29 is 0 Å². The van der Waals surface area contributed by atoms with Gasteiger partial charge in [-0.3, -0.25) is 0 Å². The minimum Gasteiger partial charge on any atom is -0.383 e. The Labute approximate surface area is 114 Å². The molecule has 0 aliphatic heterocycles. The van der Waals surface area contributed by atoms with E-state index in [0.717, 1.165) is 23.6 Å². The van der Waals surface area contributed by atoms with E-state index in [4.69, 9.17) is 11.6 Å².